The van der Waals surface area contributed by atoms with Crippen LogP contribution in [0, 0.1) is 0 Å². The van der Waals surface area contributed by atoms with Crippen LogP contribution in [0.5, 0.6) is 0 Å². The van der Waals surface area contributed by atoms with E-state index >= 15 is 0 Å². The van der Waals surface area contributed by atoms with Crippen LogP contribution in [0.3, 0.4) is 0 Å². The van der Waals surface area contributed by atoms with Crippen molar-refractivity contribution < 1.29 is 30.8 Å². The maximum atomic E-state index is 12.9. The van der Waals surface area contributed by atoms with E-state index in [1.807, 2.05) is 0 Å². The number of nitrogens with zero attached hydrogens (tertiary/aromatic N) is 3. The van der Waals surface area contributed by atoms with Crippen molar-refractivity contribution >= 4 is 21.6 Å². The van der Waals surface area contributed by atoms with Gasteiger partial charge in [-0.1, -0.05) is 0 Å². The van der Waals surface area contributed by atoms with Crippen LogP contribution in [0.2, 0.25) is 0 Å². The number of aromatic nitrogens is 2. The fraction of sp³-hybridized carbons (Fsp3) is 0.438. The summed E-state index contributed by atoms with van der Waals surface area (Å²) in [6, 6.07) is 5.64. The molecule has 1 atom stereocenters. The van der Waals surface area contributed by atoms with E-state index in [0.717, 1.165) is 0 Å². The van der Waals surface area contributed by atoms with Gasteiger partial charge in [0.15, 0.2) is 0 Å². The normalized spacial score (nSPS) is 18.8. The van der Waals surface area contributed by atoms with Crippen LogP contribution in [0.1, 0.15) is 37.5 Å². The standard InChI is InChI=1S/C16H17F3N4O4S/c1-10(24)20-12-4-6-13(7-5-12)28(25,26)23-8-2-3-11(9-23)14-21-22-15(27-14)16(17,18)19/h4-7,11H,2-3,8-9H2,1H3,(H,20,24)/t11-/m1/s1. The highest BCUT2D eigenvalue weighted by Gasteiger charge is 2.40. The van der Waals surface area contributed by atoms with Crippen LogP contribution >= 0.6 is 0 Å². The average molecular weight is 418 g/mol. The maximum Gasteiger partial charge on any atom is 0.470 e. The third-order valence-corrected chi connectivity index (χ3v) is 6.11. The third-order valence-electron chi connectivity index (χ3n) is 4.23. The molecule has 8 nitrogen and oxygen atoms in total. The number of amides is 1. The molecule has 1 amide bonds. The molecule has 3 rings (SSSR count). The first-order valence-electron chi connectivity index (χ1n) is 8.36. The van der Waals surface area contributed by atoms with Crippen molar-refractivity contribution in [1.29, 1.82) is 0 Å². The Morgan fingerprint density at radius 1 is 1.25 bits per heavy atom. The number of anilines is 1. The van der Waals surface area contributed by atoms with E-state index in [1.54, 1.807) is 0 Å². The van der Waals surface area contributed by atoms with Gasteiger partial charge in [0.05, 0.1) is 10.8 Å². The first-order valence-corrected chi connectivity index (χ1v) is 9.80. The van der Waals surface area contributed by atoms with E-state index in [2.05, 4.69) is 15.5 Å². The average Bonchev–Trinajstić information content (AvgIpc) is 3.12. The highest BCUT2D eigenvalue weighted by atomic mass is 32.2. The van der Waals surface area contributed by atoms with Gasteiger partial charge in [0.25, 0.3) is 0 Å². The molecule has 1 aromatic heterocycles. The van der Waals surface area contributed by atoms with E-state index in [4.69, 9.17) is 4.42 Å². The molecule has 0 unspecified atom stereocenters. The molecule has 0 bridgehead atoms. The van der Waals surface area contributed by atoms with Gasteiger partial charge < -0.3 is 9.73 Å². The Hall–Kier alpha value is -2.47. The number of sulfonamides is 1. The predicted molar refractivity (Wildman–Crippen MR) is 90.8 cm³/mol. The van der Waals surface area contributed by atoms with Gasteiger partial charge in [0, 0.05) is 25.7 Å². The summed E-state index contributed by atoms with van der Waals surface area (Å²) in [6.07, 6.45) is -3.87. The summed E-state index contributed by atoms with van der Waals surface area (Å²) < 4.78 is 69.5. The lowest BCUT2D eigenvalue weighted by atomic mass is 10.00. The monoisotopic (exact) mass is 418 g/mol. The van der Waals surface area contributed by atoms with Crippen LogP contribution in [-0.2, 0) is 21.0 Å². The lowest BCUT2D eigenvalue weighted by molar-refractivity contribution is -0.157. The first-order chi connectivity index (χ1) is 13.1. The zero-order valence-electron chi connectivity index (χ0n) is 14.7. The summed E-state index contributed by atoms with van der Waals surface area (Å²) in [7, 11) is -3.86. The maximum absolute atomic E-state index is 12.9. The van der Waals surface area contributed by atoms with Gasteiger partial charge in [-0.3, -0.25) is 4.79 Å². The summed E-state index contributed by atoms with van der Waals surface area (Å²) in [5.74, 6) is -2.58. The Balaban J connectivity index is 1.77. The Morgan fingerprint density at radius 2 is 1.93 bits per heavy atom. The minimum atomic E-state index is -4.75. The number of hydrogen-bond acceptors (Lipinski definition) is 6. The van der Waals surface area contributed by atoms with E-state index in [9.17, 15) is 26.4 Å². The molecule has 0 radical (unpaired) electrons. The molecule has 0 saturated carbocycles. The molecular formula is C16H17F3N4O4S. The van der Waals surface area contributed by atoms with Crippen LogP contribution in [0.4, 0.5) is 18.9 Å². The topological polar surface area (TPSA) is 105 Å². The van der Waals surface area contributed by atoms with Gasteiger partial charge in [-0.2, -0.15) is 17.5 Å². The van der Waals surface area contributed by atoms with E-state index in [1.165, 1.54) is 35.5 Å². The summed E-state index contributed by atoms with van der Waals surface area (Å²) in [4.78, 5) is 11.1. The van der Waals surface area contributed by atoms with Crippen LogP contribution in [-0.4, -0.2) is 41.9 Å². The van der Waals surface area contributed by atoms with E-state index in [-0.39, 0.29) is 29.8 Å². The molecule has 2 aromatic rings. The fourth-order valence-corrected chi connectivity index (χ4v) is 4.46. The SMILES string of the molecule is CC(=O)Nc1ccc(S(=O)(=O)N2CCC[C@@H](c3nnc(C(F)(F)F)o3)C2)cc1. The fourth-order valence-electron chi connectivity index (χ4n) is 2.94. The molecule has 1 aromatic carbocycles. The van der Waals surface area contributed by atoms with Crippen LogP contribution in [0.15, 0.2) is 33.6 Å². The zero-order chi connectivity index (χ0) is 20.5. The summed E-state index contributed by atoms with van der Waals surface area (Å²) >= 11 is 0. The molecule has 1 N–H and O–H groups in total. The summed E-state index contributed by atoms with van der Waals surface area (Å²) in [5.41, 5.74) is 0.452. The van der Waals surface area contributed by atoms with Gasteiger partial charge in [0.2, 0.25) is 21.8 Å². The van der Waals surface area contributed by atoms with Crippen molar-refractivity contribution in [2.45, 2.75) is 36.8 Å². The number of piperidine rings is 1. The highest BCUT2D eigenvalue weighted by molar-refractivity contribution is 7.89. The van der Waals surface area contributed by atoms with Crippen molar-refractivity contribution in [3.05, 3.63) is 36.0 Å². The smallest absolute Gasteiger partial charge is 0.417 e. The number of carbonyl (C=O) groups is 1. The van der Waals surface area contributed by atoms with Crippen molar-refractivity contribution in [2.24, 2.45) is 0 Å². The van der Waals surface area contributed by atoms with Gasteiger partial charge in [0.1, 0.15) is 0 Å². The quantitative estimate of drug-likeness (QED) is 0.818. The van der Waals surface area contributed by atoms with Gasteiger partial charge in [-0.15, -0.1) is 10.2 Å². The lowest BCUT2D eigenvalue weighted by Gasteiger charge is -2.30. The molecule has 1 aliphatic rings. The minimum absolute atomic E-state index is 0.0174. The predicted octanol–water partition coefficient (Wildman–Crippen LogP) is 2.62. The second-order valence-corrected chi connectivity index (χ2v) is 8.29. The highest BCUT2D eigenvalue weighted by Crippen LogP contribution is 2.33. The Kier molecular flexibility index (Phi) is 5.44. The number of hydrogen-bond donors (Lipinski definition) is 1. The molecule has 2 heterocycles. The molecule has 0 aliphatic carbocycles. The second kappa shape index (κ2) is 7.51. The molecule has 152 valence electrons. The number of alkyl halides is 3. The Labute approximate surface area is 158 Å². The van der Waals surface area contributed by atoms with Crippen molar-refractivity contribution in [2.75, 3.05) is 18.4 Å². The van der Waals surface area contributed by atoms with Crippen molar-refractivity contribution in [3.63, 3.8) is 0 Å². The molecule has 28 heavy (non-hydrogen) atoms. The number of nitrogens with one attached hydrogen (secondary N) is 1. The van der Waals surface area contributed by atoms with Crippen molar-refractivity contribution in [3.8, 4) is 0 Å². The van der Waals surface area contributed by atoms with Crippen molar-refractivity contribution in [1.82, 2.24) is 14.5 Å². The van der Waals surface area contributed by atoms with E-state index < -0.39 is 28.0 Å². The van der Waals surface area contributed by atoms with Gasteiger partial charge in [-0.25, -0.2) is 8.42 Å². The molecule has 12 heteroatoms. The number of rotatable bonds is 4. The lowest BCUT2D eigenvalue weighted by Crippen LogP contribution is -2.39. The van der Waals surface area contributed by atoms with Gasteiger partial charge >= 0.3 is 12.1 Å². The molecule has 0 spiro atoms. The molecular weight excluding hydrogens is 401 g/mol. The summed E-state index contributed by atoms with van der Waals surface area (Å²) in [5, 5.41) is 8.97. The Morgan fingerprint density at radius 3 is 2.50 bits per heavy atom. The van der Waals surface area contributed by atoms with Crippen LogP contribution < -0.4 is 5.32 Å². The molecule has 1 fully saturated rings. The zero-order valence-corrected chi connectivity index (χ0v) is 15.5. The largest absolute Gasteiger partial charge is 0.470 e. The molecule has 1 aliphatic heterocycles. The van der Waals surface area contributed by atoms with Crippen LogP contribution in [0.25, 0.3) is 0 Å². The number of benzene rings is 1. The number of carbonyl (C=O) groups excluding carboxylic acids is 1. The second-order valence-electron chi connectivity index (χ2n) is 6.35. The third kappa shape index (κ3) is 4.33. The number of halogens is 3. The minimum Gasteiger partial charge on any atom is -0.417 e. The van der Waals surface area contributed by atoms with E-state index in [0.29, 0.717) is 18.5 Å². The Bertz CT molecular complexity index is 957. The van der Waals surface area contributed by atoms with Gasteiger partial charge in [-0.05, 0) is 37.1 Å². The summed E-state index contributed by atoms with van der Waals surface area (Å²) in [6.45, 7) is 1.50. The first kappa shape index (κ1) is 20.3. The molecule has 1 saturated heterocycles.